The van der Waals surface area contributed by atoms with Crippen molar-refractivity contribution >= 4 is 17.4 Å². The maximum atomic E-state index is 12.7. The highest BCUT2D eigenvalue weighted by atomic mass is 16.2. The van der Waals surface area contributed by atoms with E-state index >= 15 is 0 Å². The zero-order chi connectivity index (χ0) is 16.1. The van der Waals surface area contributed by atoms with Gasteiger partial charge in [-0.25, -0.2) is 0 Å². The van der Waals surface area contributed by atoms with Crippen LogP contribution in [0.1, 0.15) is 29.8 Å². The van der Waals surface area contributed by atoms with Crippen LogP contribution in [0.5, 0.6) is 0 Å². The minimum Gasteiger partial charge on any atom is -0.311 e. The lowest BCUT2D eigenvalue weighted by atomic mass is 10.0. The van der Waals surface area contributed by atoms with E-state index in [1.165, 1.54) is 4.90 Å². The Hall–Kier alpha value is -2.68. The Kier molecular flexibility index (Phi) is 4.89. The van der Waals surface area contributed by atoms with E-state index < -0.39 is 0 Å². The maximum Gasteiger partial charge on any atom is 0.253 e. The zero-order valence-corrected chi connectivity index (χ0v) is 13.0. The number of hydrogen-bond donors (Lipinski definition) is 0. The molecule has 0 radical (unpaired) electrons. The Morgan fingerprint density at radius 3 is 2.18 bits per heavy atom. The summed E-state index contributed by atoms with van der Waals surface area (Å²) in [5, 5.41) is 0. The summed E-state index contributed by atoms with van der Waals surface area (Å²) < 4.78 is 0. The fourth-order valence-corrected chi connectivity index (χ4v) is 2.20. The monoisotopic (exact) mass is 293 g/mol. The first-order valence-electron chi connectivity index (χ1n) is 7.16. The van der Waals surface area contributed by atoms with E-state index in [-0.39, 0.29) is 11.7 Å². The number of allylic oxidation sites excluding steroid dienone is 1. The summed E-state index contributed by atoms with van der Waals surface area (Å²) in [7, 11) is 1.69. The van der Waals surface area contributed by atoms with Crippen LogP contribution in [0.4, 0.5) is 5.69 Å². The van der Waals surface area contributed by atoms with Gasteiger partial charge in [0.25, 0.3) is 5.91 Å². The van der Waals surface area contributed by atoms with Crippen molar-refractivity contribution < 1.29 is 9.59 Å². The number of ketones is 1. The summed E-state index contributed by atoms with van der Waals surface area (Å²) in [6.07, 6.45) is 1.76. The highest BCUT2D eigenvalue weighted by Gasteiger charge is 2.19. The van der Waals surface area contributed by atoms with Crippen molar-refractivity contribution in [3.8, 4) is 0 Å². The van der Waals surface area contributed by atoms with Gasteiger partial charge in [0.05, 0.1) is 5.69 Å². The molecule has 0 bridgehead atoms. The molecule has 0 fully saturated rings. The molecule has 0 aliphatic rings. The van der Waals surface area contributed by atoms with Crippen molar-refractivity contribution in [2.45, 2.75) is 13.8 Å². The van der Waals surface area contributed by atoms with Crippen LogP contribution in [0, 0.1) is 0 Å². The number of nitrogens with zero attached hydrogens (tertiary/aromatic N) is 1. The standard InChI is InChI=1S/C19H19NO2/c1-4-14(2)19(22)20(3)17-13-9-8-12-16(17)18(21)15-10-6-5-7-11-15/h4-13H,1-3H3. The molecule has 0 heterocycles. The number of benzene rings is 2. The van der Waals surface area contributed by atoms with Crippen molar-refractivity contribution in [2.75, 3.05) is 11.9 Å². The quantitative estimate of drug-likeness (QED) is 0.634. The van der Waals surface area contributed by atoms with E-state index in [0.29, 0.717) is 22.4 Å². The summed E-state index contributed by atoms with van der Waals surface area (Å²) in [6, 6.07) is 16.2. The van der Waals surface area contributed by atoms with E-state index in [4.69, 9.17) is 0 Å². The van der Waals surface area contributed by atoms with Crippen molar-refractivity contribution in [3.05, 3.63) is 77.4 Å². The number of hydrogen-bond acceptors (Lipinski definition) is 2. The van der Waals surface area contributed by atoms with Gasteiger partial charge in [-0.2, -0.15) is 0 Å². The largest absolute Gasteiger partial charge is 0.311 e. The SMILES string of the molecule is CC=C(C)C(=O)N(C)c1ccccc1C(=O)c1ccccc1. The van der Waals surface area contributed by atoms with Crippen LogP contribution < -0.4 is 4.90 Å². The molecule has 0 aromatic heterocycles. The van der Waals surface area contributed by atoms with Crippen molar-refractivity contribution in [2.24, 2.45) is 0 Å². The number of para-hydroxylation sites is 1. The van der Waals surface area contributed by atoms with Gasteiger partial charge in [-0.05, 0) is 26.0 Å². The molecule has 2 aromatic carbocycles. The number of rotatable bonds is 4. The van der Waals surface area contributed by atoms with Gasteiger partial charge in [-0.15, -0.1) is 0 Å². The molecular formula is C19H19NO2. The second kappa shape index (κ2) is 6.85. The fraction of sp³-hybridized carbons (Fsp3) is 0.158. The Morgan fingerprint density at radius 1 is 0.955 bits per heavy atom. The van der Waals surface area contributed by atoms with Gasteiger partial charge in [-0.1, -0.05) is 48.5 Å². The average molecular weight is 293 g/mol. The van der Waals surface area contributed by atoms with Crippen LogP contribution in [0.2, 0.25) is 0 Å². The Bertz CT molecular complexity index is 717. The average Bonchev–Trinajstić information content (AvgIpc) is 2.59. The van der Waals surface area contributed by atoms with Gasteiger partial charge >= 0.3 is 0 Å². The molecule has 2 rings (SSSR count). The summed E-state index contributed by atoms with van der Waals surface area (Å²) in [4.78, 5) is 26.5. The molecule has 3 heteroatoms. The Labute approximate surface area is 130 Å². The molecule has 0 spiro atoms. The molecule has 0 saturated heterocycles. The molecule has 0 aliphatic heterocycles. The van der Waals surface area contributed by atoms with Gasteiger partial charge in [-0.3, -0.25) is 9.59 Å². The molecule has 22 heavy (non-hydrogen) atoms. The Balaban J connectivity index is 2.43. The number of carbonyl (C=O) groups excluding carboxylic acids is 2. The third-order valence-corrected chi connectivity index (χ3v) is 3.62. The first-order valence-corrected chi connectivity index (χ1v) is 7.16. The maximum absolute atomic E-state index is 12.7. The number of carbonyl (C=O) groups is 2. The van der Waals surface area contributed by atoms with E-state index in [2.05, 4.69) is 0 Å². The van der Waals surface area contributed by atoms with Gasteiger partial charge in [0.1, 0.15) is 0 Å². The molecule has 0 aliphatic carbocycles. The van der Waals surface area contributed by atoms with Crippen molar-refractivity contribution in [1.29, 1.82) is 0 Å². The smallest absolute Gasteiger partial charge is 0.253 e. The lowest BCUT2D eigenvalue weighted by molar-refractivity contribution is -0.114. The summed E-state index contributed by atoms with van der Waals surface area (Å²) in [6.45, 7) is 3.59. The van der Waals surface area contributed by atoms with Crippen LogP contribution in [-0.4, -0.2) is 18.7 Å². The normalized spacial score (nSPS) is 11.1. The van der Waals surface area contributed by atoms with Crippen molar-refractivity contribution in [1.82, 2.24) is 0 Å². The lowest BCUT2D eigenvalue weighted by Crippen LogP contribution is -2.28. The molecular weight excluding hydrogens is 274 g/mol. The molecule has 2 aromatic rings. The molecule has 1 amide bonds. The molecule has 0 atom stereocenters. The number of likely N-dealkylation sites (N-methyl/N-ethyl adjacent to an activating group) is 1. The molecule has 3 nitrogen and oxygen atoms in total. The first-order chi connectivity index (χ1) is 10.6. The predicted octanol–water partition coefficient (Wildman–Crippen LogP) is 3.85. The molecule has 0 N–H and O–H groups in total. The van der Waals surface area contributed by atoms with Crippen LogP contribution in [0.3, 0.4) is 0 Å². The van der Waals surface area contributed by atoms with Crippen LogP contribution in [0.15, 0.2) is 66.2 Å². The zero-order valence-electron chi connectivity index (χ0n) is 13.0. The molecule has 0 saturated carbocycles. The van der Waals surface area contributed by atoms with Crippen molar-refractivity contribution in [3.63, 3.8) is 0 Å². The molecule has 0 unspecified atom stereocenters. The van der Waals surface area contributed by atoms with Gasteiger partial charge in [0.15, 0.2) is 5.78 Å². The third-order valence-electron chi connectivity index (χ3n) is 3.62. The summed E-state index contributed by atoms with van der Waals surface area (Å²) in [5.74, 6) is -0.204. The predicted molar refractivity (Wildman–Crippen MR) is 89.2 cm³/mol. The first kappa shape index (κ1) is 15.7. The Morgan fingerprint density at radius 2 is 1.55 bits per heavy atom. The minimum atomic E-state index is -0.115. The van der Waals surface area contributed by atoms with E-state index in [1.807, 2.05) is 31.2 Å². The second-order valence-corrected chi connectivity index (χ2v) is 5.05. The third kappa shape index (κ3) is 3.14. The van der Waals surface area contributed by atoms with Gasteiger partial charge < -0.3 is 4.90 Å². The van der Waals surface area contributed by atoms with Gasteiger partial charge in [0.2, 0.25) is 0 Å². The van der Waals surface area contributed by atoms with Crippen LogP contribution >= 0.6 is 0 Å². The lowest BCUT2D eigenvalue weighted by Gasteiger charge is -2.20. The highest BCUT2D eigenvalue weighted by Crippen LogP contribution is 2.23. The van der Waals surface area contributed by atoms with Gasteiger partial charge in [0, 0.05) is 23.7 Å². The minimum absolute atomic E-state index is 0.0889. The summed E-state index contributed by atoms with van der Waals surface area (Å²) in [5.41, 5.74) is 2.39. The number of anilines is 1. The highest BCUT2D eigenvalue weighted by molar-refractivity contribution is 6.15. The van der Waals surface area contributed by atoms with E-state index in [1.54, 1.807) is 50.4 Å². The second-order valence-electron chi connectivity index (χ2n) is 5.05. The summed E-state index contributed by atoms with van der Waals surface area (Å²) >= 11 is 0. The molecule has 112 valence electrons. The topological polar surface area (TPSA) is 37.4 Å². The van der Waals surface area contributed by atoms with E-state index in [9.17, 15) is 9.59 Å². The number of amides is 1. The van der Waals surface area contributed by atoms with E-state index in [0.717, 1.165) is 0 Å². The van der Waals surface area contributed by atoms with Crippen LogP contribution in [-0.2, 0) is 4.79 Å². The van der Waals surface area contributed by atoms with Crippen LogP contribution in [0.25, 0.3) is 0 Å². The fourth-order valence-electron chi connectivity index (χ4n) is 2.20.